The highest BCUT2D eigenvalue weighted by molar-refractivity contribution is 7.66. The molecule has 0 aliphatic heterocycles. The van der Waals surface area contributed by atoms with Crippen molar-refractivity contribution >= 4 is 7.14 Å². The number of rotatable bonds is 1. The highest BCUT2D eigenvalue weighted by atomic mass is 31.2. The maximum Gasteiger partial charge on any atom is 0.105 e. The normalized spacial score (nSPS) is 11.3. The van der Waals surface area contributed by atoms with Crippen LogP contribution in [0.25, 0.3) is 0 Å². The average Bonchev–Trinajstić information content (AvgIpc) is 1.31. The third kappa shape index (κ3) is 2.64. The van der Waals surface area contributed by atoms with Crippen molar-refractivity contribution in [3.63, 3.8) is 0 Å². The summed E-state index contributed by atoms with van der Waals surface area (Å²) in [5.74, 6) is 0. The van der Waals surface area contributed by atoms with Gasteiger partial charge in [0.1, 0.15) is 7.14 Å². The molecular weight excluding hydrogens is 107 g/mol. The Kier molecular flexibility index (Phi) is 1.82. The van der Waals surface area contributed by atoms with Crippen LogP contribution in [0.1, 0.15) is 6.92 Å². The average molecular weight is 118 g/mol. The zero-order chi connectivity index (χ0) is 6.08. The van der Waals surface area contributed by atoms with Gasteiger partial charge in [-0.1, -0.05) is 6.58 Å². The molecule has 0 aromatic rings. The maximum absolute atomic E-state index is 10.8. The Bertz CT molecular complexity index is 120. The third-order valence-corrected chi connectivity index (χ3v) is 2.76. The lowest BCUT2D eigenvalue weighted by atomic mass is 10.8. The van der Waals surface area contributed by atoms with Gasteiger partial charge in [-0.2, -0.15) is 0 Å². The summed E-state index contributed by atoms with van der Waals surface area (Å²) < 4.78 is 10.8. The van der Waals surface area contributed by atoms with E-state index < -0.39 is 7.14 Å². The molecule has 0 unspecified atom stereocenters. The quantitative estimate of drug-likeness (QED) is 0.482. The van der Waals surface area contributed by atoms with Crippen LogP contribution in [0.3, 0.4) is 0 Å². The lowest BCUT2D eigenvalue weighted by molar-refractivity contribution is 0.586. The largest absolute Gasteiger partial charge is 0.320 e. The van der Waals surface area contributed by atoms with Gasteiger partial charge in [-0.3, -0.25) is 0 Å². The van der Waals surface area contributed by atoms with Crippen molar-refractivity contribution in [1.29, 1.82) is 0 Å². The van der Waals surface area contributed by atoms with Gasteiger partial charge in [0, 0.05) is 0 Å². The first-order valence-electron chi connectivity index (χ1n) is 2.15. The number of allylic oxidation sites excluding steroid dienone is 1. The predicted molar refractivity (Wildman–Crippen MR) is 34.3 cm³/mol. The van der Waals surface area contributed by atoms with Gasteiger partial charge >= 0.3 is 0 Å². The molecule has 0 aromatic heterocycles. The van der Waals surface area contributed by atoms with Crippen molar-refractivity contribution in [3.8, 4) is 0 Å². The first-order valence-corrected chi connectivity index (χ1v) is 4.76. The molecule has 0 fully saturated rings. The molecule has 0 bridgehead atoms. The van der Waals surface area contributed by atoms with Gasteiger partial charge in [0.25, 0.3) is 0 Å². The van der Waals surface area contributed by atoms with E-state index >= 15 is 0 Å². The lowest BCUT2D eigenvalue weighted by Crippen LogP contribution is -1.71. The van der Waals surface area contributed by atoms with Gasteiger partial charge in [0.05, 0.1) is 0 Å². The van der Waals surface area contributed by atoms with Gasteiger partial charge in [-0.05, 0) is 25.6 Å². The van der Waals surface area contributed by atoms with Gasteiger partial charge in [-0.15, -0.1) is 0 Å². The molecule has 0 radical (unpaired) electrons. The van der Waals surface area contributed by atoms with Crippen LogP contribution in [0.15, 0.2) is 11.9 Å². The van der Waals surface area contributed by atoms with E-state index in [0.29, 0.717) is 0 Å². The molecule has 0 heterocycles. The molecule has 0 aliphatic carbocycles. The van der Waals surface area contributed by atoms with Crippen molar-refractivity contribution in [3.05, 3.63) is 11.9 Å². The van der Waals surface area contributed by atoms with E-state index in [9.17, 15) is 4.57 Å². The van der Waals surface area contributed by atoms with Gasteiger partial charge in [0.2, 0.25) is 0 Å². The van der Waals surface area contributed by atoms with E-state index in [-0.39, 0.29) is 0 Å². The summed E-state index contributed by atoms with van der Waals surface area (Å²) in [6, 6.07) is 0. The smallest absolute Gasteiger partial charge is 0.105 e. The Morgan fingerprint density at radius 2 is 1.71 bits per heavy atom. The van der Waals surface area contributed by atoms with E-state index in [1.165, 1.54) is 0 Å². The molecule has 0 aromatic carbocycles. The summed E-state index contributed by atoms with van der Waals surface area (Å²) in [7, 11) is -1.93. The summed E-state index contributed by atoms with van der Waals surface area (Å²) in [4.78, 5) is 0. The zero-order valence-electron chi connectivity index (χ0n) is 5.06. The summed E-state index contributed by atoms with van der Waals surface area (Å²) in [5.41, 5.74) is 0. The molecule has 2 heteroatoms. The van der Waals surface area contributed by atoms with Crippen LogP contribution < -0.4 is 0 Å². The van der Waals surface area contributed by atoms with Gasteiger partial charge in [-0.25, -0.2) is 0 Å². The second-order valence-electron chi connectivity index (χ2n) is 2.09. The minimum atomic E-state index is -1.93. The van der Waals surface area contributed by atoms with E-state index in [2.05, 4.69) is 6.58 Å². The van der Waals surface area contributed by atoms with Crippen LogP contribution in [-0.4, -0.2) is 13.3 Å². The monoisotopic (exact) mass is 118 g/mol. The highest BCUT2D eigenvalue weighted by Gasteiger charge is 2.04. The highest BCUT2D eigenvalue weighted by Crippen LogP contribution is 2.43. The molecule has 0 saturated carbocycles. The lowest BCUT2D eigenvalue weighted by Gasteiger charge is -2.01. The summed E-state index contributed by atoms with van der Waals surface area (Å²) in [6.45, 7) is 8.79. The zero-order valence-corrected chi connectivity index (χ0v) is 5.96. The van der Waals surface area contributed by atoms with Crippen LogP contribution in [0.2, 0.25) is 0 Å². The van der Waals surface area contributed by atoms with E-state index in [1.807, 2.05) is 0 Å². The Morgan fingerprint density at radius 3 is 1.71 bits per heavy atom. The van der Waals surface area contributed by atoms with E-state index in [4.69, 9.17) is 0 Å². The standard InChI is InChI=1S/C5H11OP/c1-5(2)7(3,4)6/h1H2,2-4H3. The fraction of sp³-hybridized carbons (Fsp3) is 0.600. The SMILES string of the molecule is C=C(C)P(C)(C)=O. The Balaban J connectivity index is 4.09. The molecule has 7 heavy (non-hydrogen) atoms. The third-order valence-electron chi connectivity index (χ3n) is 0.919. The fourth-order valence-electron chi connectivity index (χ4n) is 0. The molecule has 0 rings (SSSR count). The molecule has 1 nitrogen and oxygen atoms in total. The molecular formula is C5H11OP. The second-order valence-corrected chi connectivity index (χ2v) is 5.55. The van der Waals surface area contributed by atoms with Crippen molar-refractivity contribution in [2.24, 2.45) is 0 Å². The predicted octanol–water partition coefficient (Wildman–Crippen LogP) is 2.14. The first-order chi connectivity index (χ1) is 2.94. The topological polar surface area (TPSA) is 17.1 Å². The first kappa shape index (κ1) is 6.97. The Labute approximate surface area is 44.8 Å². The Morgan fingerprint density at radius 1 is 1.57 bits per heavy atom. The summed E-state index contributed by atoms with van der Waals surface area (Å²) >= 11 is 0. The summed E-state index contributed by atoms with van der Waals surface area (Å²) in [6.07, 6.45) is 0. The molecule has 0 spiro atoms. The van der Waals surface area contributed by atoms with Crippen molar-refractivity contribution < 1.29 is 4.57 Å². The van der Waals surface area contributed by atoms with Crippen LogP contribution in [-0.2, 0) is 4.57 Å². The van der Waals surface area contributed by atoms with Crippen molar-refractivity contribution in [1.82, 2.24) is 0 Å². The van der Waals surface area contributed by atoms with Crippen LogP contribution >= 0.6 is 7.14 Å². The van der Waals surface area contributed by atoms with Crippen molar-refractivity contribution in [2.75, 3.05) is 13.3 Å². The van der Waals surface area contributed by atoms with E-state index in [1.54, 1.807) is 20.3 Å². The van der Waals surface area contributed by atoms with Gasteiger partial charge in [0.15, 0.2) is 0 Å². The fourth-order valence-corrected chi connectivity index (χ4v) is 0. The molecule has 0 amide bonds. The number of hydrogen-bond acceptors (Lipinski definition) is 1. The Hall–Kier alpha value is -0.0300. The summed E-state index contributed by atoms with van der Waals surface area (Å²) in [5, 5.41) is 0.799. The van der Waals surface area contributed by atoms with Gasteiger partial charge < -0.3 is 4.57 Å². The molecule has 0 saturated heterocycles. The molecule has 0 atom stereocenters. The van der Waals surface area contributed by atoms with Crippen molar-refractivity contribution in [2.45, 2.75) is 6.92 Å². The maximum atomic E-state index is 10.8. The molecule has 42 valence electrons. The number of hydrogen-bond donors (Lipinski definition) is 0. The van der Waals surface area contributed by atoms with Crippen LogP contribution in [0.5, 0.6) is 0 Å². The minimum Gasteiger partial charge on any atom is -0.320 e. The minimum absolute atomic E-state index is 0.799. The molecule has 0 aliphatic rings. The van der Waals surface area contributed by atoms with Crippen LogP contribution in [0, 0.1) is 0 Å². The molecule has 0 N–H and O–H groups in total. The second kappa shape index (κ2) is 1.83. The van der Waals surface area contributed by atoms with E-state index in [0.717, 1.165) is 5.31 Å². The van der Waals surface area contributed by atoms with Crippen LogP contribution in [0.4, 0.5) is 0 Å².